The van der Waals surface area contributed by atoms with Gasteiger partial charge in [-0.1, -0.05) is 6.42 Å². The van der Waals surface area contributed by atoms with Crippen molar-refractivity contribution in [2.24, 2.45) is 0 Å². The van der Waals surface area contributed by atoms with Gasteiger partial charge < -0.3 is 14.6 Å². The Hall–Kier alpha value is -2.98. The molecule has 2 aromatic heterocycles. The van der Waals surface area contributed by atoms with Crippen LogP contribution in [0.4, 0.5) is 5.69 Å². The van der Waals surface area contributed by atoms with E-state index >= 15 is 0 Å². The molecule has 3 aromatic rings. The number of hydrogen-bond donors (Lipinski definition) is 1. The van der Waals surface area contributed by atoms with Crippen molar-refractivity contribution in [3.05, 3.63) is 41.3 Å². The third-order valence-corrected chi connectivity index (χ3v) is 7.53. The van der Waals surface area contributed by atoms with Crippen LogP contribution in [0.25, 0.3) is 11.2 Å². The minimum absolute atomic E-state index is 0.00286. The monoisotopic (exact) mass is 471 g/mol. The predicted octanol–water partition coefficient (Wildman–Crippen LogP) is 3.37. The number of benzene rings is 1. The number of pyridine rings is 1. The van der Waals surface area contributed by atoms with Crippen molar-refractivity contribution in [3.63, 3.8) is 0 Å². The summed E-state index contributed by atoms with van der Waals surface area (Å²) in [6.45, 7) is 4.80. The van der Waals surface area contributed by atoms with Gasteiger partial charge in [0.1, 0.15) is 22.0 Å². The van der Waals surface area contributed by atoms with E-state index in [0.717, 1.165) is 53.7 Å². The van der Waals surface area contributed by atoms with Crippen LogP contribution in [-0.2, 0) is 23.0 Å². The van der Waals surface area contributed by atoms with Crippen LogP contribution >= 0.6 is 0 Å². The summed E-state index contributed by atoms with van der Waals surface area (Å²) in [7, 11) is -0.860. The highest BCUT2D eigenvalue weighted by molar-refractivity contribution is 7.89. The Morgan fingerprint density at radius 1 is 1.18 bits per heavy atom. The van der Waals surface area contributed by atoms with Crippen molar-refractivity contribution in [2.45, 2.75) is 51.0 Å². The van der Waals surface area contributed by atoms with Gasteiger partial charge in [-0.2, -0.15) is 0 Å². The maximum Gasteiger partial charge on any atom is 0.258 e. The highest BCUT2D eigenvalue weighted by Gasteiger charge is 2.25. The van der Waals surface area contributed by atoms with Crippen molar-refractivity contribution >= 4 is 32.8 Å². The lowest BCUT2D eigenvalue weighted by Crippen LogP contribution is -2.23. The number of rotatable bonds is 6. The molecule has 4 rings (SSSR count). The molecule has 1 amide bonds. The zero-order valence-electron chi connectivity index (χ0n) is 19.4. The lowest BCUT2D eigenvalue weighted by atomic mass is 10.1. The molecule has 0 fully saturated rings. The van der Waals surface area contributed by atoms with Gasteiger partial charge in [0.05, 0.1) is 12.2 Å². The molecule has 1 aromatic carbocycles. The fourth-order valence-corrected chi connectivity index (χ4v) is 5.10. The van der Waals surface area contributed by atoms with E-state index in [-0.39, 0.29) is 16.6 Å². The van der Waals surface area contributed by atoms with Crippen LogP contribution in [0.1, 0.15) is 48.1 Å². The Bertz CT molecular complexity index is 1310. The number of carbonyl (C=O) groups excluding carboxylic acids is 1. The zero-order valence-corrected chi connectivity index (χ0v) is 20.2. The van der Waals surface area contributed by atoms with E-state index in [1.54, 1.807) is 25.1 Å². The lowest BCUT2D eigenvalue weighted by Gasteiger charge is -2.16. The summed E-state index contributed by atoms with van der Waals surface area (Å²) in [6.07, 6.45) is 4.14. The van der Waals surface area contributed by atoms with Gasteiger partial charge >= 0.3 is 0 Å². The van der Waals surface area contributed by atoms with E-state index in [1.165, 1.54) is 20.2 Å². The molecule has 33 heavy (non-hydrogen) atoms. The molecule has 0 saturated heterocycles. The molecule has 1 N–H and O–H groups in total. The molecule has 176 valence electrons. The first-order valence-electron chi connectivity index (χ1n) is 11.1. The molecule has 0 bridgehead atoms. The number of sulfonamides is 1. The van der Waals surface area contributed by atoms with Crippen LogP contribution in [0.15, 0.2) is 29.2 Å². The van der Waals surface area contributed by atoms with Gasteiger partial charge in [-0.25, -0.2) is 22.7 Å². The number of ether oxygens (including phenoxy) is 1. The van der Waals surface area contributed by atoms with Crippen LogP contribution in [0.5, 0.6) is 5.75 Å². The molecule has 3 heterocycles. The van der Waals surface area contributed by atoms with E-state index in [0.29, 0.717) is 23.4 Å². The topological polar surface area (TPSA) is 106 Å². The molecular weight excluding hydrogens is 442 g/mol. The lowest BCUT2D eigenvalue weighted by molar-refractivity contribution is 0.102. The standard InChI is InChI=1S/C23H29N5O4S/c1-5-32-18-11-10-16(14-19(18)33(30,31)27(3)4)25-23(29)17-13-15(2)24-22-21(17)26-20-9-7-6-8-12-28(20)22/h10-11,13-14H,5-9,12H2,1-4H3,(H,25,29). The van der Waals surface area contributed by atoms with Crippen molar-refractivity contribution in [3.8, 4) is 5.75 Å². The van der Waals surface area contributed by atoms with E-state index in [1.807, 2.05) is 6.92 Å². The summed E-state index contributed by atoms with van der Waals surface area (Å²) in [6, 6.07) is 6.33. The molecule has 0 atom stereocenters. The number of aryl methyl sites for hydroxylation is 3. The molecular formula is C23H29N5O4S. The average molecular weight is 472 g/mol. The van der Waals surface area contributed by atoms with Gasteiger partial charge in [0, 0.05) is 38.4 Å². The fourth-order valence-electron chi connectivity index (χ4n) is 4.05. The highest BCUT2D eigenvalue weighted by Crippen LogP contribution is 2.30. The van der Waals surface area contributed by atoms with Crippen molar-refractivity contribution in [1.29, 1.82) is 0 Å². The van der Waals surface area contributed by atoms with Crippen molar-refractivity contribution in [2.75, 3.05) is 26.0 Å². The number of nitrogens with one attached hydrogen (secondary N) is 1. The highest BCUT2D eigenvalue weighted by atomic mass is 32.2. The molecule has 0 aliphatic carbocycles. The second-order valence-corrected chi connectivity index (χ2v) is 10.4. The first-order chi connectivity index (χ1) is 15.7. The smallest absolute Gasteiger partial charge is 0.258 e. The molecule has 0 unspecified atom stereocenters. The SMILES string of the molecule is CCOc1ccc(NC(=O)c2cc(C)nc3c2nc2n3CCCCC2)cc1S(=O)(=O)N(C)C. The van der Waals surface area contributed by atoms with Crippen molar-refractivity contribution < 1.29 is 17.9 Å². The Morgan fingerprint density at radius 2 is 1.97 bits per heavy atom. The van der Waals surface area contributed by atoms with Gasteiger partial charge in [0.25, 0.3) is 5.91 Å². The first kappa shape index (κ1) is 23.2. The third kappa shape index (κ3) is 4.45. The van der Waals surface area contributed by atoms with Crippen LogP contribution in [-0.4, -0.2) is 53.9 Å². The Balaban J connectivity index is 1.73. The summed E-state index contributed by atoms with van der Waals surface area (Å²) in [5.74, 6) is 0.829. The number of nitrogens with zero attached hydrogens (tertiary/aromatic N) is 4. The maximum absolute atomic E-state index is 13.3. The minimum Gasteiger partial charge on any atom is -0.492 e. The predicted molar refractivity (Wildman–Crippen MR) is 126 cm³/mol. The van der Waals surface area contributed by atoms with Crippen LogP contribution in [0.3, 0.4) is 0 Å². The normalized spacial score (nSPS) is 14.2. The van der Waals surface area contributed by atoms with Crippen LogP contribution in [0, 0.1) is 6.92 Å². The first-order valence-corrected chi connectivity index (χ1v) is 12.5. The molecule has 0 radical (unpaired) electrons. The van der Waals surface area contributed by atoms with Gasteiger partial charge in [-0.05, 0) is 51.0 Å². The summed E-state index contributed by atoms with van der Waals surface area (Å²) in [5.41, 5.74) is 2.79. The molecule has 1 aliphatic rings. The number of fused-ring (bicyclic) bond motifs is 3. The summed E-state index contributed by atoms with van der Waals surface area (Å²) >= 11 is 0. The summed E-state index contributed by atoms with van der Waals surface area (Å²) in [4.78, 5) is 22.7. The number of carbonyl (C=O) groups is 1. The Morgan fingerprint density at radius 3 is 2.70 bits per heavy atom. The average Bonchev–Trinajstić information content (AvgIpc) is 2.94. The van der Waals surface area contributed by atoms with E-state index < -0.39 is 10.0 Å². The van der Waals surface area contributed by atoms with E-state index in [4.69, 9.17) is 9.72 Å². The molecule has 9 nitrogen and oxygen atoms in total. The fraction of sp³-hybridized carbons (Fsp3) is 0.435. The van der Waals surface area contributed by atoms with Gasteiger partial charge in [0.15, 0.2) is 5.65 Å². The Labute approximate surface area is 193 Å². The number of aromatic nitrogens is 3. The van der Waals surface area contributed by atoms with Crippen LogP contribution in [0.2, 0.25) is 0 Å². The van der Waals surface area contributed by atoms with Crippen molar-refractivity contribution in [1.82, 2.24) is 18.8 Å². The van der Waals surface area contributed by atoms with E-state index in [2.05, 4.69) is 14.9 Å². The zero-order chi connectivity index (χ0) is 23.8. The largest absolute Gasteiger partial charge is 0.492 e. The molecule has 0 saturated carbocycles. The Kier molecular flexibility index (Phi) is 6.40. The van der Waals surface area contributed by atoms with E-state index in [9.17, 15) is 13.2 Å². The molecule has 0 spiro atoms. The van der Waals surface area contributed by atoms with Crippen LogP contribution < -0.4 is 10.1 Å². The summed E-state index contributed by atoms with van der Waals surface area (Å²) in [5, 5.41) is 2.84. The minimum atomic E-state index is -3.77. The second-order valence-electron chi connectivity index (χ2n) is 8.31. The molecule has 10 heteroatoms. The number of imidazole rings is 1. The van der Waals surface area contributed by atoms with Gasteiger partial charge in [0.2, 0.25) is 10.0 Å². The number of hydrogen-bond acceptors (Lipinski definition) is 6. The summed E-state index contributed by atoms with van der Waals surface area (Å²) < 4.78 is 34.4. The number of amides is 1. The van der Waals surface area contributed by atoms with Gasteiger partial charge in [-0.15, -0.1) is 0 Å². The quantitative estimate of drug-likeness (QED) is 0.591. The second kappa shape index (κ2) is 9.11. The van der Waals surface area contributed by atoms with Gasteiger partial charge in [-0.3, -0.25) is 4.79 Å². The maximum atomic E-state index is 13.3. The molecule has 1 aliphatic heterocycles. The third-order valence-electron chi connectivity index (χ3n) is 5.70. The number of anilines is 1.